The van der Waals surface area contributed by atoms with Gasteiger partial charge in [0.05, 0.1) is 10.0 Å². The van der Waals surface area contributed by atoms with Gasteiger partial charge in [-0.15, -0.1) is 0 Å². The molecule has 0 aromatic heterocycles. The predicted molar refractivity (Wildman–Crippen MR) is 75.4 cm³/mol. The molecule has 1 N–H and O–H groups in total. The first-order chi connectivity index (χ1) is 9.16. The molecule has 0 aliphatic heterocycles. The third-order valence-electron chi connectivity index (χ3n) is 4.15. The predicted octanol–water partition coefficient (Wildman–Crippen LogP) is 3.75. The van der Waals surface area contributed by atoms with Gasteiger partial charge in [-0.3, -0.25) is 4.79 Å². The summed E-state index contributed by atoms with van der Waals surface area (Å²) in [4.78, 5) is 12.0. The van der Waals surface area contributed by atoms with Crippen molar-refractivity contribution in [2.75, 3.05) is 6.54 Å². The highest BCUT2D eigenvalue weighted by atomic mass is 79.9. The van der Waals surface area contributed by atoms with E-state index < -0.39 is 5.82 Å². The van der Waals surface area contributed by atoms with Crippen LogP contribution in [0.4, 0.5) is 4.39 Å². The largest absolute Gasteiger partial charge is 0.352 e. The lowest BCUT2D eigenvalue weighted by atomic mass is 9.98. The van der Waals surface area contributed by atoms with E-state index >= 15 is 0 Å². The van der Waals surface area contributed by atoms with Crippen LogP contribution >= 0.6 is 15.9 Å². The molecular formula is C15H17BrFNO. The number of carbonyl (C=O) groups is 1. The molecule has 0 spiro atoms. The second-order valence-corrected chi connectivity index (χ2v) is 6.50. The number of hydrogen-bond donors (Lipinski definition) is 1. The molecule has 2 aliphatic rings. The second kappa shape index (κ2) is 5.23. The van der Waals surface area contributed by atoms with E-state index in [0.717, 1.165) is 11.8 Å². The Hall–Kier alpha value is -0.900. The van der Waals surface area contributed by atoms with Crippen molar-refractivity contribution in [3.8, 4) is 0 Å². The maximum absolute atomic E-state index is 13.8. The van der Waals surface area contributed by atoms with Gasteiger partial charge in [-0.25, -0.2) is 4.39 Å². The molecule has 0 radical (unpaired) electrons. The molecule has 0 bridgehead atoms. The summed E-state index contributed by atoms with van der Waals surface area (Å²) in [5.74, 6) is 1.42. The van der Waals surface area contributed by atoms with Gasteiger partial charge in [0, 0.05) is 6.54 Å². The fourth-order valence-corrected chi connectivity index (χ4v) is 3.12. The molecular weight excluding hydrogens is 309 g/mol. The third kappa shape index (κ3) is 2.99. The van der Waals surface area contributed by atoms with Crippen LogP contribution in [0.1, 0.15) is 36.0 Å². The Kier molecular flexibility index (Phi) is 3.61. The fourth-order valence-electron chi connectivity index (χ4n) is 2.75. The van der Waals surface area contributed by atoms with Crippen molar-refractivity contribution in [3.05, 3.63) is 34.1 Å². The number of hydrogen-bond acceptors (Lipinski definition) is 1. The van der Waals surface area contributed by atoms with E-state index in [4.69, 9.17) is 0 Å². The molecule has 102 valence electrons. The number of carbonyl (C=O) groups excluding carboxylic acids is 1. The molecule has 0 heterocycles. The lowest BCUT2D eigenvalue weighted by Crippen LogP contribution is -2.31. The number of halogens is 2. The zero-order valence-electron chi connectivity index (χ0n) is 10.7. The maximum atomic E-state index is 13.8. The molecule has 2 nitrogen and oxygen atoms in total. The molecule has 2 aliphatic carbocycles. The normalized spacial score (nSPS) is 18.7. The van der Waals surface area contributed by atoms with Crippen LogP contribution in [0, 0.1) is 23.6 Å². The van der Waals surface area contributed by atoms with Gasteiger partial charge in [0.2, 0.25) is 0 Å². The quantitative estimate of drug-likeness (QED) is 0.877. The molecule has 1 aromatic rings. The molecule has 1 aromatic carbocycles. The molecule has 0 atom stereocenters. The molecule has 0 saturated heterocycles. The molecule has 2 saturated carbocycles. The average molecular weight is 326 g/mol. The van der Waals surface area contributed by atoms with Gasteiger partial charge in [0.15, 0.2) is 0 Å². The zero-order chi connectivity index (χ0) is 13.4. The molecule has 4 heteroatoms. The highest BCUT2D eigenvalue weighted by Gasteiger charge is 2.41. The Labute approximate surface area is 120 Å². The van der Waals surface area contributed by atoms with Gasteiger partial charge in [-0.05, 0) is 71.5 Å². The van der Waals surface area contributed by atoms with E-state index in [1.54, 1.807) is 12.1 Å². The number of benzene rings is 1. The van der Waals surface area contributed by atoms with Gasteiger partial charge in [0.1, 0.15) is 5.82 Å². The molecule has 19 heavy (non-hydrogen) atoms. The van der Waals surface area contributed by atoms with Crippen molar-refractivity contribution in [3.63, 3.8) is 0 Å². The van der Waals surface area contributed by atoms with Crippen LogP contribution in [0.25, 0.3) is 0 Å². The first kappa shape index (κ1) is 13.1. The summed E-state index contributed by atoms with van der Waals surface area (Å²) in [6, 6.07) is 4.81. The lowest BCUT2D eigenvalue weighted by molar-refractivity contribution is 0.0939. The number of amides is 1. The van der Waals surface area contributed by atoms with Crippen molar-refractivity contribution >= 4 is 21.8 Å². The van der Waals surface area contributed by atoms with Crippen molar-refractivity contribution < 1.29 is 9.18 Å². The van der Waals surface area contributed by atoms with Gasteiger partial charge < -0.3 is 5.32 Å². The van der Waals surface area contributed by atoms with Crippen LogP contribution in [0.5, 0.6) is 0 Å². The van der Waals surface area contributed by atoms with E-state index in [1.165, 1.54) is 31.7 Å². The van der Waals surface area contributed by atoms with Crippen molar-refractivity contribution in [1.82, 2.24) is 5.32 Å². The summed E-state index contributed by atoms with van der Waals surface area (Å²) in [6.45, 7) is 0.695. The average Bonchev–Trinajstić information content (AvgIpc) is 3.26. The van der Waals surface area contributed by atoms with Gasteiger partial charge in [-0.2, -0.15) is 0 Å². The van der Waals surface area contributed by atoms with Crippen LogP contribution in [0.2, 0.25) is 0 Å². The minimum Gasteiger partial charge on any atom is -0.352 e. The Morgan fingerprint density at radius 2 is 1.95 bits per heavy atom. The Balaban J connectivity index is 1.62. The first-order valence-electron chi connectivity index (χ1n) is 6.89. The summed E-state index contributed by atoms with van der Waals surface area (Å²) >= 11 is 3.11. The molecule has 3 rings (SSSR count). The minimum absolute atomic E-state index is 0.125. The van der Waals surface area contributed by atoms with Crippen molar-refractivity contribution in [2.24, 2.45) is 17.8 Å². The van der Waals surface area contributed by atoms with Crippen LogP contribution in [0.15, 0.2) is 22.7 Å². The van der Waals surface area contributed by atoms with Gasteiger partial charge in [-0.1, -0.05) is 6.07 Å². The zero-order valence-corrected chi connectivity index (χ0v) is 12.2. The van der Waals surface area contributed by atoms with E-state index in [1.807, 2.05) is 0 Å². The van der Waals surface area contributed by atoms with E-state index in [9.17, 15) is 9.18 Å². The third-order valence-corrected chi connectivity index (χ3v) is 4.76. The van der Waals surface area contributed by atoms with Crippen LogP contribution in [-0.4, -0.2) is 12.5 Å². The van der Waals surface area contributed by atoms with Crippen LogP contribution in [0.3, 0.4) is 0 Å². The first-order valence-corrected chi connectivity index (χ1v) is 7.68. The fraction of sp³-hybridized carbons (Fsp3) is 0.533. The minimum atomic E-state index is -0.477. The van der Waals surface area contributed by atoms with Crippen molar-refractivity contribution in [2.45, 2.75) is 25.7 Å². The number of rotatable bonds is 5. The topological polar surface area (TPSA) is 29.1 Å². The van der Waals surface area contributed by atoms with Crippen molar-refractivity contribution in [1.29, 1.82) is 0 Å². The van der Waals surface area contributed by atoms with Crippen LogP contribution in [-0.2, 0) is 0 Å². The highest BCUT2D eigenvalue weighted by Crippen LogP contribution is 2.48. The number of nitrogens with one attached hydrogen (secondary N) is 1. The molecule has 1 amide bonds. The van der Waals surface area contributed by atoms with Gasteiger partial charge in [0.25, 0.3) is 5.91 Å². The summed E-state index contributed by atoms with van der Waals surface area (Å²) < 4.78 is 14.1. The molecule has 0 unspecified atom stereocenters. The van der Waals surface area contributed by atoms with E-state index in [-0.39, 0.29) is 11.5 Å². The highest BCUT2D eigenvalue weighted by molar-refractivity contribution is 9.10. The maximum Gasteiger partial charge on any atom is 0.254 e. The summed E-state index contributed by atoms with van der Waals surface area (Å²) in [5, 5.41) is 2.91. The standard InChI is InChI=1S/C15H17BrFNO/c16-13-3-1-2-11(14(13)17)15(19)18-8-12(9-4-5-9)10-6-7-10/h1-3,9-10,12H,4-8H2,(H,18,19). The SMILES string of the molecule is O=C(NCC(C1CC1)C1CC1)c1cccc(Br)c1F. The Bertz CT molecular complexity index is 485. The van der Waals surface area contributed by atoms with Gasteiger partial charge >= 0.3 is 0 Å². The second-order valence-electron chi connectivity index (χ2n) is 5.65. The monoisotopic (exact) mass is 325 g/mol. The molecule has 2 fully saturated rings. The Morgan fingerprint density at radius 1 is 1.32 bits per heavy atom. The van der Waals surface area contributed by atoms with Crippen LogP contribution < -0.4 is 5.32 Å². The summed E-state index contributed by atoms with van der Waals surface area (Å²) in [6.07, 6.45) is 5.18. The van der Waals surface area contributed by atoms with E-state index in [2.05, 4.69) is 21.2 Å². The lowest BCUT2D eigenvalue weighted by Gasteiger charge is -2.16. The van der Waals surface area contributed by atoms with E-state index in [0.29, 0.717) is 16.9 Å². The summed E-state index contributed by atoms with van der Waals surface area (Å²) in [5.41, 5.74) is 0.125. The Morgan fingerprint density at radius 3 is 2.53 bits per heavy atom. The summed E-state index contributed by atoms with van der Waals surface area (Å²) in [7, 11) is 0. The smallest absolute Gasteiger partial charge is 0.254 e.